The van der Waals surface area contributed by atoms with Crippen LogP contribution >= 0.6 is 0 Å². The number of hydrogen-bond donors (Lipinski definition) is 1. The SMILES string of the molecule is Cc1ccc(F)c(CC(=O)Cc2cnc(-c3cccn4nnc(N)c34)cn2)c1. The predicted molar refractivity (Wildman–Crippen MR) is 102 cm³/mol. The Morgan fingerprint density at radius 2 is 2.04 bits per heavy atom. The average Bonchev–Trinajstić information content (AvgIpc) is 3.07. The van der Waals surface area contributed by atoms with Crippen molar-refractivity contribution < 1.29 is 9.18 Å². The third-order valence-electron chi connectivity index (χ3n) is 4.41. The summed E-state index contributed by atoms with van der Waals surface area (Å²) in [5.74, 6) is -0.199. The summed E-state index contributed by atoms with van der Waals surface area (Å²) in [5.41, 5.74) is 9.71. The van der Waals surface area contributed by atoms with Crippen LogP contribution in [0.15, 0.2) is 48.9 Å². The van der Waals surface area contributed by atoms with Crippen LogP contribution in [0.3, 0.4) is 0 Å². The molecule has 0 aliphatic heterocycles. The second-order valence-electron chi connectivity index (χ2n) is 6.57. The number of carbonyl (C=O) groups is 1. The number of pyridine rings is 1. The van der Waals surface area contributed by atoms with Gasteiger partial charge in [-0.2, -0.15) is 0 Å². The lowest BCUT2D eigenvalue weighted by Gasteiger charge is -2.06. The quantitative estimate of drug-likeness (QED) is 0.575. The molecular formula is C20H17FN6O. The van der Waals surface area contributed by atoms with Gasteiger partial charge in [-0.1, -0.05) is 22.9 Å². The standard InChI is InChI=1S/C20H17FN6O/c1-12-4-5-17(21)13(7-12)8-15(28)9-14-10-24-18(11-23-14)16-3-2-6-27-19(16)20(22)25-26-27/h2-7,10-11H,8-9,22H2,1H3. The average molecular weight is 376 g/mol. The molecule has 0 unspecified atom stereocenters. The molecule has 2 N–H and O–H groups in total. The number of rotatable bonds is 5. The van der Waals surface area contributed by atoms with Gasteiger partial charge < -0.3 is 5.73 Å². The second kappa shape index (κ2) is 7.15. The number of ketones is 1. The number of halogens is 1. The first-order valence-corrected chi connectivity index (χ1v) is 8.69. The first-order valence-electron chi connectivity index (χ1n) is 8.69. The lowest BCUT2D eigenvalue weighted by molar-refractivity contribution is -0.117. The maximum atomic E-state index is 13.8. The number of nitrogen functional groups attached to an aromatic ring is 1. The number of nitrogens with two attached hydrogens (primary N) is 1. The summed E-state index contributed by atoms with van der Waals surface area (Å²) < 4.78 is 15.4. The van der Waals surface area contributed by atoms with Crippen LogP contribution in [0.5, 0.6) is 0 Å². The van der Waals surface area contributed by atoms with Crippen LogP contribution in [-0.2, 0) is 17.6 Å². The van der Waals surface area contributed by atoms with E-state index in [2.05, 4.69) is 20.3 Å². The number of carbonyl (C=O) groups excluding carboxylic acids is 1. The number of aromatic nitrogens is 5. The van der Waals surface area contributed by atoms with Gasteiger partial charge >= 0.3 is 0 Å². The Labute approximate surface area is 160 Å². The molecule has 7 nitrogen and oxygen atoms in total. The van der Waals surface area contributed by atoms with Gasteiger partial charge in [-0.25, -0.2) is 8.91 Å². The third kappa shape index (κ3) is 3.44. The molecule has 4 rings (SSSR count). The molecule has 0 radical (unpaired) electrons. The number of hydrogen-bond acceptors (Lipinski definition) is 6. The maximum absolute atomic E-state index is 13.8. The highest BCUT2D eigenvalue weighted by molar-refractivity contribution is 5.85. The Kier molecular flexibility index (Phi) is 4.52. The number of nitrogens with zero attached hydrogens (tertiary/aromatic N) is 5. The van der Waals surface area contributed by atoms with Crippen LogP contribution in [0.1, 0.15) is 16.8 Å². The molecule has 0 bridgehead atoms. The minimum absolute atomic E-state index is 0.0221. The summed E-state index contributed by atoms with van der Waals surface area (Å²) in [5, 5.41) is 7.79. The van der Waals surface area contributed by atoms with E-state index in [1.807, 2.05) is 19.1 Å². The Balaban J connectivity index is 1.52. The molecule has 0 aliphatic rings. The minimum atomic E-state index is -0.375. The number of anilines is 1. The molecule has 28 heavy (non-hydrogen) atoms. The topological polar surface area (TPSA) is 99.1 Å². The molecule has 0 saturated heterocycles. The largest absolute Gasteiger partial charge is 0.380 e. The first-order chi connectivity index (χ1) is 13.5. The fraction of sp³-hybridized carbons (Fsp3) is 0.150. The normalized spacial score (nSPS) is 11.1. The Bertz CT molecular complexity index is 1170. The van der Waals surface area contributed by atoms with Gasteiger partial charge in [-0.05, 0) is 30.7 Å². The molecule has 1 aromatic carbocycles. The van der Waals surface area contributed by atoms with Gasteiger partial charge in [0.2, 0.25) is 0 Å². The Morgan fingerprint density at radius 1 is 1.18 bits per heavy atom. The van der Waals surface area contributed by atoms with Crippen LogP contribution in [0.4, 0.5) is 10.2 Å². The summed E-state index contributed by atoms with van der Waals surface area (Å²) in [7, 11) is 0. The molecule has 0 fully saturated rings. The van der Waals surface area contributed by atoms with Gasteiger partial charge in [0.15, 0.2) is 5.82 Å². The van der Waals surface area contributed by atoms with Crippen molar-refractivity contribution in [1.82, 2.24) is 24.8 Å². The molecule has 3 heterocycles. The zero-order valence-corrected chi connectivity index (χ0v) is 15.1. The van der Waals surface area contributed by atoms with Crippen LogP contribution in [0.25, 0.3) is 16.8 Å². The fourth-order valence-corrected chi connectivity index (χ4v) is 3.08. The smallest absolute Gasteiger partial charge is 0.174 e. The summed E-state index contributed by atoms with van der Waals surface area (Å²) in [6, 6.07) is 8.41. The zero-order chi connectivity index (χ0) is 19.7. The second-order valence-corrected chi connectivity index (χ2v) is 6.57. The highest BCUT2D eigenvalue weighted by Crippen LogP contribution is 2.25. The van der Waals surface area contributed by atoms with Gasteiger partial charge in [-0.15, -0.1) is 5.10 Å². The lowest BCUT2D eigenvalue weighted by atomic mass is 10.0. The van der Waals surface area contributed by atoms with Gasteiger partial charge in [0.1, 0.15) is 17.1 Å². The molecule has 0 atom stereocenters. The van der Waals surface area contributed by atoms with Gasteiger partial charge in [0.25, 0.3) is 0 Å². The maximum Gasteiger partial charge on any atom is 0.174 e. The van der Waals surface area contributed by atoms with Crippen molar-refractivity contribution in [2.24, 2.45) is 0 Å². The van der Waals surface area contributed by atoms with Crippen molar-refractivity contribution in [2.75, 3.05) is 5.73 Å². The van der Waals surface area contributed by atoms with Crippen molar-refractivity contribution in [3.05, 3.63) is 71.6 Å². The van der Waals surface area contributed by atoms with E-state index in [0.717, 1.165) is 11.1 Å². The van der Waals surface area contributed by atoms with Crippen LogP contribution in [-0.4, -0.2) is 30.6 Å². The van der Waals surface area contributed by atoms with Crippen molar-refractivity contribution >= 4 is 17.1 Å². The molecule has 0 aliphatic carbocycles. The van der Waals surface area contributed by atoms with Crippen LogP contribution < -0.4 is 5.73 Å². The van der Waals surface area contributed by atoms with Crippen molar-refractivity contribution in [3.63, 3.8) is 0 Å². The molecular weight excluding hydrogens is 359 g/mol. The number of benzene rings is 1. The lowest BCUT2D eigenvalue weighted by Crippen LogP contribution is -2.09. The highest BCUT2D eigenvalue weighted by Gasteiger charge is 2.13. The molecule has 3 aromatic heterocycles. The summed E-state index contributed by atoms with van der Waals surface area (Å²) in [6.45, 7) is 1.86. The van der Waals surface area contributed by atoms with Crippen molar-refractivity contribution in [1.29, 1.82) is 0 Å². The van der Waals surface area contributed by atoms with Gasteiger partial charge in [-0.3, -0.25) is 14.8 Å². The number of Topliss-reactive ketones (excluding diaryl/α,β-unsaturated/α-hetero) is 1. The van der Waals surface area contributed by atoms with Gasteiger partial charge in [0, 0.05) is 24.4 Å². The fourth-order valence-electron chi connectivity index (χ4n) is 3.08. The minimum Gasteiger partial charge on any atom is -0.380 e. The Morgan fingerprint density at radius 3 is 2.82 bits per heavy atom. The van der Waals surface area contributed by atoms with E-state index in [4.69, 9.17) is 5.73 Å². The highest BCUT2D eigenvalue weighted by atomic mass is 19.1. The van der Waals surface area contributed by atoms with E-state index in [-0.39, 0.29) is 24.4 Å². The van der Waals surface area contributed by atoms with Crippen LogP contribution in [0.2, 0.25) is 0 Å². The summed E-state index contributed by atoms with van der Waals surface area (Å²) in [4.78, 5) is 21.0. The van der Waals surface area contributed by atoms with Crippen molar-refractivity contribution in [2.45, 2.75) is 19.8 Å². The molecule has 0 saturated carbocycles. The third-order valence-corrected chi connectivity index (χ3v) is 4.41. The van der Waals surface area contributed by atoms with E-state index < -0.39 is 0 Å². The van der Waals surface area contributed by atoms with E-state index >= 15 is 0 Å². The van der Waals surface area contributed by atoms with E-state index in [9.17, 15) is 9.18 Å². The number of aryl methyl sites for hydroxylation is 1. The van der Waals surface area contributed by atoms with E-state index in [0.29, 0.717) is 28.3 Å². The summed E-state index contributed by atoms with van der Waals surface area (Å²) >= 11 is 0. The molecule has 4 aromatic rings. The number of fused-ring (bicyclic) bond motifs is 1. The molecule has 0 spiro atoms. The zero-order valence-electron chi connectivity index (χ0n) is 15.1. The monoisotopic (exact) mass is 376 g/mol. The predicted octanol–water partition coefficient (Wildman–Crippen LogP) is 2.57. The Hall–Kier alpha value is -3.68. The van der Waals surface area contributed by atoms with E-state index in [1.165, 1.54) is 6.07 Å². The molecule has 0 amide bonds. The van der Waals surface area contributed by atoms with Crippen molar-refractivity contribution in [3.8, 4) is 11.3 Å². The molecule has 140 valence electrons. The van der Waals surface area contributed by atoms with E-state index in [1.54, 1.807) is 35.2 Å². The summed E-state index contributed by atoms with van der Waals surface area (Å²) in [6.07, 6.45) is 4.98. The van der Waals surface area contributed by atoms with Gasteiger partial charge in [0.05, 0.1) is 24.0 Å². The molecule has 8 heteroatoms. The first kappa shape index (κ1) is 17.7. The van der Waals surface area contributed by atoms with Crippen LogP contribution in [0, 0.1) is 12.7 Å².